The minimum Gasteiger partial charge on any atom is -0.497 e. The summed E-state index contributed by atoms with van der Waals surface area (Å²) in [5.74, 6) is 1.09. The number of nitrogens with zero attached hydrogens (tertiary/aromatic N) is 5. The number of nitrogens with one attached hydrogen (secondary N) is 2. The SMILES string of the molecule is COc1ccc(Cn2c(NCCN=C(N)Nc3ccccn3)nc(=O)n(Cc3ccc(F)cc3)c2=O)cc1. The molecular weight excluding hydrogens is 491 g/mol. The second-order valence-corrected chi connectivity index (χ2v) is 8.18. The summed E-state index contributed by atoms with van der Waals surface area (Å²) in [6.45, 7) is 0.589. The summed E-state index contributed by atoms with van der Waals surface area (Å²) in [5.41, 5.74) is 6.00. The molecular formula is C26H27FN8O3. The maximum Gasteiger partial charge on any atom is 0.355 e. The van der Waals surface area contributed by atoms with Crippen molar-refractivity contribution in [3.05, 3.63) is 111 Å². The molecule has 0 saturated carbocycles. The van der Waals surface area contributed by atoms with Crippen molar-refractivity contribution in [1.82, 2.24) is 19.1 Å². The van der Waals surface area contributed by atoms with E-state index < -0.39 is 17.2 Å². The van der Waals surface area contributed by atoms with Crippen LogP contribution in [0.1, 0.15) is 11.1 Å². The average molecular weight is 519 g/mol. The van der Waals surface area contributed by atoms with Crippen LogP contribution < -0.4 is 32.5 Å². The van der Waals surface area contributed by atoms with Crippen molar-refractivity contribution in [2.45, 2.75) is 13.1 Å². The number of hydrogen-bond acceptors (Lipinski definition) is 7. The molecule has 0 radical (unpaired) electrons. The molecule has 2 aromatic heterocycles. The van der Waals surface area contributed by atoms with Crippen molar-refractivity contribution in [3.63, 3.8) is 0 Å². The van der Waals surface area contributed by atoms with Gasteiger partial charge in [0.15, 0.2) is 5.96 Å². The van der Waals surface area contributed by atoms with Gasteiger partial charge in [-0.1, -0.05) is 30.3 Å². The van der Waals surface area contributed by atoms with Crippen LogP contribution in [0.5, 0.6) is 5.75 Å². The first-order valence-electron chi connectivity index (χ1n) is 11.7. The van der Waals surface area contributed by atoms with Crippen molar-refractivity contribution in [2.75, 3.05) is 30.8 Å². The van der Waals surface area contributed by atoms with Gasteiger partial charge in [0.2, 0.25) is 5.95 Å². The molecule has 38 heavy (non-hydrogen) atoms. The molecule has 0 aliphatic rings. The highest BCUT2D eigenvalue weighted by Crippen LogP contribution is 2.13. The molecule has 2 heterocycles. The number of nitrogens with two attached hydrogens (primary N) is 1. The summed E-state index contributed by atoms with van der Waals surface area (Å²) >= 11 is 0. The average Bonchev–Trinajstić information content (AvgIpc) is 2.93. The van der Waals surface area contributed by atoms with Crippen molar-refractivity contribution >= 4 is 17.7 Å². The Morgan fingerprint density at radius 1 is 1.00 bits per heavy atom. The smallest absolute Gasteiger partial charge is 0.355 e. The molecule has 0 aliphatic heterocycles. The van der Waals surface area contributed by atoms with Crippen LogP contribution in [0.4, 0.5) is 16.2 Å². The summed E-state index contributed by atoms with van der Waals surface area (Å²) in [7, 11) is 1.57. The van der Waals surface area contributed by atoms with Gasteiger partial charge >= 0.3 is 11.4 Å². The topological polar surface area (TPSA) is 141 Å². The van der Waals surface area contributed by atoms with Gasteiger partial charge in [0.25, 0.3) is 0 Å². The predicted molar refractivity (Wildman–Crippen MR) is 143 cm³/mol. The number of hydrogen-bond donors (Lipinski definition) is 3. The number of rotatable bonds is 10. The van der Waals surface area contributed by atoms with Crippen molar-refractivity contribution in [1.29, 1.82) is 0 Å². The number of halogens is 1. The highest BCUT2D eigenvalue weighted by molar-refractivity contribution is 5.91. The van der Waals surface area contributed by atoms with Crippen LogP contribution in [0.2, 0.25) is 0 Å². The van der Waals surface area contributed by atoms with E-state index in [9.17, 15) is 14.0 Å². The van der Waals surface area contributed by atoms with E-state index in [0.717, 1.165) is 10.1 Å². The lowest BCUT2D eigenvalue weighted by atomic mass is 10.2. The van der Waals surface area contributed by atoms with Gasteiger partial charge in [0, 0.05) is 12.7 Å². The first-order valence-corrected chi connectivity index (χ1v) is 11.7. The predicted octanol–water partition coefficient (Wildman–Crippen LogP) is 1.88. The summed E-state index contributed by atoms with van der Waals surface area (Å²) in [6, 6.07) is 18.1. The molecule has 4 rings (SSSR count). The lowest BCUT2D eigenvalue weighted by molar-refractivity contribution is 0.414. The minimum absolute atomic E-state index is 0.0478. The summed E-state index contributed by atoms with van der Waals surface area (Å²) in [5, 5.41) is 5.89. The Balaban J connectivity index is 1.56. The third kappa shape index (κ3) is 6.81. The number of ether oxygens (including phenoxy) is 1. The second-order valence-electron chi connectivity index (χ2n) is 8.18. The summed E-state index contributed by atoms with van der Waals surface area (Å²) in [6.07, 6.45) is 1.63. The maximum absolute atomic E-state index is 13.4. The normalized spacial score (nSPS) is 11.3. The highest BCUT2D eigenvalue weighted by atomic mass is 19.1. The van der Waals surface area contributed by atoms with E-state index in [1.165, 1.54) is 28.8 Å². The monoisotopic (exact) mass is 518 g/mol. The molecule has 2 aromatic carbocycles. The molecule has 0 spiro atoms. The van der Waals surface area contributed by atoms with Crippen LogP contribution in [0.15, 0.2) is 87.5 Å². The van der Waals surface area contributed by atoms with E-state index in [0.29, 0.717) is 17.1 Å². The number of aromatic nitrogens is 4. The maximum atomic E-state index is 13.4. The van der Waals surface area contributed by atoms with Crippen LogP contribution in [0.3, 0.4) is 0 Å². The van der Waals surface area contributed by atoms with Gasteiger partial charge in [0.05, 0.1) is 26.7 Å². The molecule has 4 N–H and O–H groups in total. The van der Waals surface area contributed by atoms with Gasteiger partial charge in [-0.25, -0.2) is 23.5 Å². The van der Waals surface area contributed by atoms with E-state index in [1.807, 2.05) is 18.2 Å². The largest absolute Gasteiger partial charge is 0.497 e. The third-order valence-corrected chi connectivity index (χ3v) is 5.50. The van der Waals surface area contributed by atoms with E-state index in [4.69, 9.17) is 10.5 Å². The van der Waals surface area contributed by atoms with E-state index in [-0.39, 0.29) is 38.1 Å². The van der Waals surface area contributed by atoms with Gasteiger partial charge in [0.1, 0.15) is 17.4 Å². The van der Waals surface area contributed by atoms with Gasteiger partial charge in [-0.05, 0) is 47.5 Å². The van der Waals surface area contributed by atoms with Crippen LogP contribution in [0, 0.1) is 5.82 Å². The molecule has 0 fully saturated rings. The van der Waals surface area contributed by atoms with E-state index in [1.54, 1.807) is 37.6 Å². The van der Waals surface area contributed by atoms with Crippen LogP contribution in [-0.2, 0) is 13.1 Å². The second kappa shape index (κ2) is 12.3. The number of pyridine rings is 1. The lowest BCUT2D eigenvalue weighted by Gasteiger charge is -2.15. The Labute approximate surface area is 217 Å². The molecule has 0 unspecified atom stereocenters. The van der Waals surface area contributed by atoms with Crippen LogP contribution in [-0.4, -0.2) is 45.3 Å². The molecule has 0 atom stereocenters. The summed E-state index contributed by atoms with van der Waals surface area (Å²) < 4.78 is 20.9. The Morgan fingerprint density at radius 3 is 2.34 bits per heavy atom. The lowest BCUT2D eigenvalue weighted by Crippen LogP contribution is -2.43. The van der Waals surface area contributed by atoms with Gasteiger partial charge in [-0.3, -0.25) is 9.56 Å². The first kappa shape index (κ1) is 26.1. The fourth-order valence-electron chi connectivity index (χ4n) is 3.58. The zero-order chi connectivity index (χ0) is 26.9. The summed E-state index contributed by atoms with van der Waals surface area (Å²) in [4.78, 5) is 38.7. The molecule has 0 bridgehead atoms. The van der Waals surface area contributed by atoms with Gasteiger partial charge in [-0.15, -0.1) is 0 Å². The fraction of sp³-hybridized carbons (Fsp3) is 0.192. The number of benzene rings is 2. The van der Waals surface area contributed by atoms with Crippen LogP contribution >= 0.6 is 0 Å². The quantitative estimate of drug-likeness (QED) is 0.164. The molecule has 11 nitrogen and oxygen atoms in total. The molecule has 12 heteroatoms. The zero-order valence-corrected chi connectivity index (χ0v) is 20.7. The Hall–Kier alpha value is -5.00. The first-order chi connectivity index (χ1) is 18.4. The Kier molecular flexibility index (Phi) is 8.44. The fourth-order valence-corrected chi connectivity index (χ4v) is 3.58. The zero-order valence-electron chi connectivity index (χ0n) is 20.7. The van der Waals surface area contributed by atoms with E-state index >= 15 is 0 Å². The number of anilines is 2. The van der Waals surface area contributed by atoms with Gasteiger partial charge < -0.3 is 21.1 Å². The molecule has 196 valence electrons. The molecule has 0 saturated heterocycles. The number of guanidine groups is 1. The number of aliphatic imine (C=N–C) groups is 1. The highest BCUT2D eigenvalue weighted by Gasteiger charge is 2.14. The molecule has 0 amide bonds. The van der Waals surface area contributed by atoms with Crippen molar-refractivity contribution in [3.8, 4) is 5.75 Å². The third-order valence-electron chi connectivity index (χ3n) is 5.50. The molecule has 4 aromatic rings. The van der Waals surface area contributed by atoms with Crippen molar-refractivity contribution < 1.29 is 9.13 Å². The Bertz CT molecular complexity index is 1500. The van der Waals surface area contributed by atoms with Crippen molar-refractivity contribution in [2.24, 2.45) is 10.7 Å². The van der Waals surface area contributed by atoms with Crippen LogP contribution in [0.25, 0.3) is 0 Å². The van der Waals surface area contributed by atoms with E-state index in [2.05, 4.69) is 25.6 Å². The Morgan fingerprint density at radius 2 is 1.68 bits per heavy atom. The van der Waals surface area contributed by atoms with Gasteiger partial charge in [-0.2, -0.15) is 4.98 Å². The number of methoxy groups -OCH3 is 1. The molecule has 0 aliphatic carbocycles. The standard InChI is InChI=1S/C26H27FN8O3/c1-38-21-11-7-19(8-12-21)16-34-24(31-15-14-30-23(28)32-22-4-2-3-13-29-22)33-25(36)35(26(34)37)17-18-5-9-20(27)10-6-18/h2-13H,14-17H2,1H3,(H,31,33,36)(H3,28,29,30,32). The minimum atomic E-state index is -0.729.